The van der Waals surface area contributed by atoms with Crippen molar-refractivity contribution in [3.63, 3.8) is 0 Å². The number of carbonyl (C=O) groups excluding carboxylic acids is 2. The standard InChI is InChI=1S/C34H47N3O11S/c1-22(2)18-37(49(41,42)26-10-11-30-31(17-26)47-21-46-30)19-29(39)28(36-34(40)48-32-20-45-33-27(32)12-15-44-33)16-24-6-8-25(9-7-24)43-14-5-4-13-35-23(3)38/h6-11,17,22,27-29,32-33,39H,4-5,12-16,18-21H2,1-3H3,(H,35,38)(H,36,40)/t27-,28-,29+,32-,33+/m0/s1. The van der Waals surface area contributed by atoms with Gasteiger partial charge < -0.3 is 44.2 Å². The van der Waals surface area contributed by atoms with E-state index in [1.807, 2.05) is 26.0 Å². The number of hydrogen-bond acceptors (Lipinski definition) is 11. The predicted molar refractivity (Wildman–Crippen MR) is 177 cm³/mol. The van der Waals surface area contributed by atoms with Crippen molar-refractivity contribution in [3.8, 4) is 17.2 Å². The SMILES string of the molecule is CC(=O)NCCCCOc1ccc(C[C@H](NC(=O)O[C@H]2CO[C@H]3OCC[C@H]32)[C@H](O)CN(CC(C)C)S(=O)(=O)c2ccc3c(c2)OCO3)cc1. The molecule has 0 unspecified atom stereocenters. The third kappa shape index (κ3) is 9.97. The summed E-state index contributed by atoms with van der Waals surface area (Å²) in [5, 5.41) is 17.2. The zero-order valence-electron chi connectivity index (χ0n) is 28.2. The van der Waals surface area contributed by atoms with E-state index in [4.69, 9.17) is 28.4 Å². The molecule has 0 saturated carbocycles. The van der Waals surface area contributed by atoms with Crippen LogP contribution in [0.2, 0.25) is 0 Å². The number of ether oxygens (including phenoxy) is 6. The maximum Gasteiger partial charge on any atom is 0.407 e. The third-order valence-corrected chi connectivity index (χ3v) is 10.4. The summed E-state index contributed by atoms with van der Waals surface area (Å²) in [5.74, 6) is 1.25. The molecule has 3 N–H and O–H groups in total. The molecule has 3 heterocycles. The van der Waals surface area contributed by atoms with Crippen molar-refractivity contribution in [1.29, 1.82) is 0 Å². The van der Waals surface area contributed by atoms with Gasteiger partial charge in [-0.05, 0) is 61.4 Å². The number of aliphatic hydroxyl groups excluding tert-OH is 1. The van der Waals surface area contributed by atoms with Gasteiger partial charge in [0.25, 0.3) is 0 Å². The molecule has 2 aromatic carbocycles. The zero-order valence-corrected chi connectivity index (χ0v) is 29.0. The van der Waals surface area contributed by atoms with E-state index in [2.05, 4.69) is 10.6 Å². The van der Waals surface area contributed by atoms with Crippen LogP contribution in [0.15, 0.2) is 47.4 Å². The van der Waals surface area contributed by atoms with E-state index in [0.717, 1.165) is 18.4 Å². The first-order valence-corrected chi connectivity index (χ1v) is 18.2. The van der Waals surface area contributed by atoms with Crippen LogP contribution in [0.25, 0.3) is 0 Å². The van der Waals surface area contributed by atoms with Crippen molar-refractivity contribution in [2.75, 3.05) is 46.2 Å². The summed E-state index contributed by atoms with van der Waals surface area (Å²) in [6.07, 6.45) is -0.492. The Labute approximate surface area is 287 Å². The van der Waals surface area contributed by atoms with Crippen LogP contribution in [0.5, 0.6) is 17.2 Å². The number of nitrogens with one attached hydrogen (secondary N) is 2. The van der Waals surface area contributed by atoms with Gasteiger partial charge in [-0.1, -0.05) is 26.0 Å². The van der Waals surface area contributed by atoms with E-state index in [9.17, 15) is 23.1 Å². The Balaban J connectivity index is 1.28. The molecule has 270 valence electrons. The van der Waals surface area contributed by atoms with Gasteiger partial charge in [-0.15, -0.1) is 0 Å². The smallest absolute Gasteiger partial charge is 0.407 e. The van der Waals surface area contributed by atoms with Crippen molar-refractivity contribution in [1.82, 2.24) is 14.9 Å². The van der Waals surface area contributed by atoms with Gasteiger partial charge in [0.05, 0.1) is 42.8 Å². The number of carbonyl (C=O) groups is 2. The maximum atomic E-state index is 13.9. The summed E-state index contributed by atoms with van der Waals surface area (Å²) < 4.78 is 62.5. The minimum atomic E-state index is -4.07. The molecular formula is C34H47N3O11S. The molecule has 2 fully saturated rings. The van der Waals surface area contributed by atoms with Crippen LogP contribution in [-0.2, 0) is 35.4 Å². The summed E-state index contributed by atoms with van der Waals surface area (Å²) in [5.41, 5.74) is 0.782. The lowest BCUT2D eigenvalue weighted by Gasteiger charge is -2.31. The first kappa shape index (κ1) is 36.6. The average Bonchev–Trinajstić information content (AvgIpc) is 3.81. The number of hydrogen-bond donors (Lipinski definition) is 3. The van der Waals surface area contributed by atoms with Gasteiger partial charge in [0.2, 0.25) is 22.7 Å². The number of alkyl carbamates (subject to hydrolysis) is 1. The number of benzene rings is 2. The molecule has 0 aromatic heterocycles. The fourth-order valence-electron chi connectivity index (χ4n) is 6.01. The highest BCUT2D eigenvalue weighted by atomic mass is 32.2. The van der Waals surface area contributed by atoms with E-state index in [1.54, 1.807) is 18.2 Å². The lowest BCUT2D eigenvalue weighted by atomic mass is 10.0. The molecule has 5 rings (SSSR count). The third-order valence-electron chi connectivity index (χ3n) is 8.55. The van der Waals surface area contributed by atoms with Crippen LogP contribution in [-0.4, -0.2) is 101 Å². The molecular weight excluding hydrogens is 658 g/mol. The molecule has 15 heteroatoms. The molecule has 3 aliphatic rings. The van der Waals surface area contributed by atoms with Gasteiger partial charge >= 0.3 is 6.09 Å². The van der Waals surface area contributed by atoms with Gasteiger partial charge in [0.15, 0.2) is 17.8 Å². The summed E-state index contributed by atoms with van der Waals surface area (Å²) in [6, 6.07) is 10.8. The zero-order chi connectivity index (χ0) is 35.0. The highest BCUT2D eigenvalue weighted by molar-refractivity contribution is 7.89. The van der Waals surface area contributed by atoms with Crippen LogP contribution in [0.3, 0.4) is 0 Å². The molecule has 3 aliphatic heterocycles. The Hall–Kier alpha value is -3.63. The van der Waals surface area contributed by atoms with Crippen molar-refractivity contribution >= 4 is 22.0 Å². The number of unbranched alkanes of at least 4 members (excludes halogenated alkanes) is 1. The molecule has 2 amide bonds. The number of sulfonamides is 1. The lowest BCUT2D eigenvalue weighted by Crippen LogP contribution is -2.51. The normalized spacial score (nSPS) is 21.0. The fourth-order valence-corrected chi connectivity index (χ4v) is 7.65. The lowest BCUT2D eigenvalue weighted by molar-refractivity contribution is -0.118. The first-order valence-electron chi connectivity index (χ1n) is 16.7. The van der Waals surface area contributed by atoms with Gasteiger partial charge in [-0.25, -0.2) is 13.2 Å². The van der Waals surface area contributed by atoms with Gasteiger partial charge in [0, 0.05) is 32.6 Å². The van der Waals surface area contributed by atoms with Gasteiger partial charge in [0.1, 0.15) is 11.9 Å². The van der Waals surface area contributed by atoms with Crippen molar-refractivity contribution < 1.29 is 51.5 Å². The monoisotopic (exact) mass is 705 g/mol. The highest BCUT2D eigenvalue weighted by Gasteiger charge is 2.44. The number of amides is 2. The first-order chi connectivity index (χ1) is 23.5. The summed E-state index contributed by atoms with van der Waals surface area (Å²) in [7, 11) is -4.07. The number of nitrogens with zero attached hydrogens (tertiary/aromatic N) is 1. The van der Waals surface area contributed by atoms with Crippen LogP contribution in [0.1, 0.15) is 45.6 Å². The topological polar surface area (TPSA) is 171 Å². The van der Waals surface area contributed by atoms with Gasteiger partial charge in [-0.2, -0.15) is 4.31 Å². The molecule has 0 bridgehead atoms. The summed E-state index contributed by atoms with van der Waals surface area (Å²) in [4.78, 5) is 24.3. The molecule has 5 atom stereocenters. The number of fused-ring (bicyclic) bond motifs is 2. The van der Waals surface area contributed by atoms with E-state index in [0.29, 0.717) is 43.4 Å². The number of aliphatic hydroxyl groups is 1. The van der Waals surface area contributed by atoms with E-state index < -0.39 is 40.7 Å². The molecule has 14 nitrogen and oxygen atoms in total. The molecule has 0 aliphatic carbocycles. The molecule has 2 aromatic rings. The Kier molecular flexibility index (Phi) is 12.6. The average molecular weight is 706 g/mol. The van der Waals surface area contributed by atoms with E-state index in [-0.39, 0.29) is 55.5 Å². The molecule has 2 saturated heterocycles. The Bertz CT molecular complexity index is 1520. The Morgan fingerprint density at radius 2 is 1.82 bits per heavy atom. The highest BCUT2D eigenvalue weighted by Crippen LogP contribution is 2.35. The van der Waals surface area contributed by atoms with Crippen molar-refractivity contribution in [2.45, 2.75) is 75.9 Å². The van der Waals surface area contributed by atoms with Crippen LogP contribution in [0.4, 0.5) is 4.79 Å². The van der Waals surface area contributed by atoms with Crippen LogP contribution >= 0.6 is 0 Å². The fraction of sp³-hybridized carbons (Fsp3) is 0.588. The van der Waals surface area contributed by atoms with E-state index >= 15 is 0 Å². The van der Waals surface area contributed by atoms with Crippen LogP contribution in [0, 0.1) is 11.8 Å². The minimum Gasteiger partial charge on any atom is -0.494 e. The Morgan fingerprint density at radius 3 is 2.57 bits per heavy atom. The van der Waals surface area contributed by atoms with Crippen LogP contribution < -0.4 is 24.8 Å². The maximum absolute atomic E-state index is 13.9. The minimum absolute atomic E-state index is 0.00511. The second kappa shape index (κ2) is 16.9. The quantitative estimate of drug-likeness (QED) is 0.207. The Morgan fingerprint density at radius 1 is 1.04 bits per heavy atom. The molecule has 0 spiro atoms. The van der Waals surface area contributed by atoms with Gasteiger partial charge in [-0.3, -0.25) is 4.79 Å². The largest absolute Gasteiger partial charge is 0.494 e. The van der Waals surface area contributed by atoms with Crippen molar-refractivity contribution in [2.24, 2.45) is 11.8 Å². The molecule has 49 heavy (non-hydrogen) atoms. The predicted octanol–water partition coefficient (Wildman–Crippen LogP) is 2.82. The van der Waals surface area contributed by atoms with E-state index in [1.165, 1.54) is 23.4 Å². The summed E-state index contributed by atoms with van der Waals surface area (Å²) >= 11 is 0. The second-order valence-electron chi connectivity index (χ2n) is 12.9. The second-order valence-corrected chi connectivity index (χ2v) is 14.8. The summed E-state index contributed by atoms with van der Waals surface area (Å²) in [6.45, 7) is 6.91. The van der Waals surface area contributed by atoms with Crippen molar-refractivity contribution in [3.05, 3.63) is 48.0 Å². The number of rotatable bonds is 17. The molecule has 0 radical (unpaired) electrons.